The Balaban J connectivity index is 2.56. The van der Waals surface area contributed by atoms with E-state index in [1.54, 1.807) is 0 Å². The average Bonchev–Trinajstić information content (AvgIpc) is 2.21. The molecule has 0 aromatic heterocycles. The van der Waals surface area contributed by atoms with Gasteiger partial charge in [0.25, 0.3) is 0 Å². The quantitative estimate of drug-likeness (QED) is 0.844. The van der Waals surface area contributed by atoms with Crippen molar-refractivity contribution in [2.75, 3.05) is 0 Å². The molecule has 0 saturated carbocycles. The zero-order valence-electron chi connectivity index (χ0n) is 12.2. The second kappa shape index (κ2) is 6.47. The molecule has 2 atom stereocenters. The van der Waals surface area contributed by atoms with Gasteiger partial charge in [-0.3, -0.25) is 0 Å². The average molecular weight is 270 g/mol. The molecule has 0 bridgehead atoms. The first-order valence-corrected chi connectivity index (χ1v) is 6.80. The Labute approximate surface area is 114 Å². The molecule has 1 nitrogen and oxygen atoms in total. The summed E-state index contributed by atoms with van der Waals surface area (Å²) in [6, 6.07) is 4.09. The smallest absolute Gasteiger partial charge is 0.162 e. The van der Waals surface area contributed by atoms with Crippen molar-refractivity contribution in [3.63, 3.8) is 0 Å². The minimum Gasteiger partial charge on any atom is -0.393 e. The summed E-state index contributed by atoms with van der Waals surface area (Å²) in [5, 5.41) is 10.00. The highest BCUT2D eigenvalue weighted by Crippen LogP contribution is 2.27. The zero-order valence-corrected chi connectivity index (χ0v) is 12.2. The first-order chi connectivity index (χ1) is 8.69. The van der Waals surface area contributed by atoms with Crippen molar-refractivity contribution in [1.29, 1.82) is 0 Å². The van der Waals surface area contributed by atoms with Crippen molar-refractivity contribution < 1.29 is 13.9 Å². The number of aliphatic hydroxyl groups is 1. The molecule has 0 aliphatic rings. The van der Waals surface area contributed by atoms with Crippen LogP contribution in [0, 0.1) is 23.0 Å². The number of benzene rings is 1. The molecule has 0 aliphatic carbocycles. The predicted octanol–water partition coefficient (Wildman–Crippen LogP) is 4.33. The Morgan fingerprint density at radius 2 is 1.84 bits per heavy atom. The summed E-state index contributed by atoms with van der Waals surface area (Å²) in [5.74, 6) is -1.34. The first kappa shape index (κ1) is 16.1. The summed E-state index contributed by atoms with van der Waals surface area (Å²) in [5.41, 5.74) is 0.457. The van der Waals surface area contributed by atoms with E-state index in [-0.39, 0.29) is 17.4 Å². The lowest BCUT2D eigenvalue weighted by Crippen LogP contribution is -2.19. The maximum Gasteiger partial charge on any atom is 0.162 e. The zero-order chi connectivity index (χ0) is 14.6. The fraction of sp³-hybridized carbons (Fsp3) is 0.625. The summed E-state index contributed by atoms with van der Waals surface area (Å²) in [7, 11) is 0. The lowest BCUT2D eigenvalue weighted by atomic mass is 9.82. The van der Waals surface area contributed by atoms with Crippen molar-refractivity contribution >= 4 is 0 Å². The molecule has 2 unspecified atom stereocenters. The van der Waals surface area contributed by atoms with Gasteiger partial charge in [-0.05, 0) is 35.8 Å². The lowest BCUT2D eigenvalue weighted by molar-refractivity contribution is 0.131. The molecule has 0 spiro atoms. The van der Waals surface area contributed by atoms with Gasteiger partial charge in [0.1, 0.15) is 0 Å². The first-order valence-electron chi connectivity index (χ1n) is 6.80. The minimum atomic E-state index is -0.854. The standard InChI is InChI=1S/C16H24F2O/c1-11(10-16(2,3)4)8-13(19)9-12-6-5-7-14(17)15(12)18/h5-7,11,13,19H,8-10H2,1-4H3. The summed E-state index contributed by atoms with van der Waals surface area (Å²) in [4.78, 5) is 0. The molecule has 108 valence electrons. The van der Waals surface area contributed by atoms with Gasteiger partial charge < -0.3 is 5.11 Å². The molecular weight excluding hydrogens is 246 g/mol. The van der Waals surface area contributed by atoms with Crippen molar-refractivity contribution in [3.8, 4) is 0 Å². The summed E-state index contributed by atoms with van der Waals surface area (Å²) >= 11 is 0. The Morgan fingerprint density at radius 3 is 2.42 bits per heavy atom. The van der Waals surface area contributed by atoms with Crippen LogP contribution in [0.1, 0.15) is 46.1 Å². The maximum absolute atomic E-state index is 13.5. The Kier molecular flexibility index (Phi) is 5.48. The number of hydrogen-bond donors (Lipinski definition) is 1. The maximum atomic E-state index is 13.5. The van der Waals surface area contributed by atoms with Crippen LogP contribution < -0.4 is 0 Å². The van der Waals surface area contributed by atoms with E-state index in [1.807, 2.05) is 0 Å². The molecule has 1 rings (SSSR count). The molecule has 0 amide bonds. The predicted molar refractivity (Wildman–Crippen MR) is 73.9 cm³/mol. The van der Waals surface area contributed by atoms with E-state index in [0.29, 0.717) is 12.3 Å². The van der Waals surface area contributed by atoms with Crippen molar-refractivity contribution in [2.45, 2.75) is 53.1 Å². The SMILES string of the molecule is CC(CC(O)Cc1cccc(F)c1F)CC(C)(C)C. The highest BCUT2D eigenvalue weighted by Gasteiger charge is 2.19. The molecule has 0 heterocycles. The van der Waals surface area contributed by atoms with E-state index in [1.165, 1.54) is 12.1 Å². The normalized spacial score (nSPS) is 15.3. The lowest BCUT2D eigenvalue weighted by Gasteiger charge is -2.25. The monoisotopic (exact) mass is 270 g/mol. The fourth-order valence-electron chi connectivity index (χ4n) is 2.64. The largest absolute Gasteiger partial charge is 0.393 e. The van der Waals surface area contributed by atoms with Gasteiger partial charge in [-0.15, -0.1) is 0 Å². The van der Waals surface area contributed by atoms with Crippen LogP contribution in [0.2, 0.25) is 0 Å². The van der Waals surface area contributed by atoms with Crippen LogP contribution in [-0.4, -0.2) is 11.2 Å². The number of aliphatic hydroxyl groups excluding tert-OH is 1. The van der Waals surface area contributed by atoms with Crippen LogP contribution in [0.3, 0.4) is 0 Å². The number of rotatable bonds is 5. The van der Waals surface area contributed by atoms with Gasteiger partial charge in [0, 0.05) is 6.42 Å². The topological polar surface area (TPSA) is 20.2 Å². The molecule has 0 fully saturated rings. The molecule has 0 radical (unpaired) electrons. The van der Waals surface area contributed by atoms with Gasteiger partial charge in [0.2, 0.25) is 0 Å². The highest BCUT2D eigenvalue weighted by molar-refractivity contribution is 5.19. The van der Waals surface area contributed by atoms with Crippen molar-refractivity contribution in [3.05, 3.63) is 35.4 Å². The van der Waals surface area contributed by atoms with E-state index in [4.69, 9.17) is 0 Å². The molecule has 1 aromatic rings. The van der Waals surface area contributed by atoms with Crippen molar-refractivity contribution in [1.82, 2.24) is 0 Å². The van der Waals surface area contributed by atoms with Crippen LogP contribution in [0.15, 0.2) is 18.2 Å². The summed E-state index contributed by atoms with van der Waals surface area (Å²) < 4.78 is 26.5. The van der Waals surface area contributed by atoms with Gasteiger partial charge in [0.05, 0.1) is 6.10 Å². The van der Waals surface area contributed by atoms with E-state index >= 15 is 0 Å². The Hall–Kier alpha value is -0.960. The van der Waals surface area contributed by atoms with E-state index in [2.05, 4.69) is 27.7 Å². The van der Waals surface area contributed by atoms with Gasteiger partial charge >= 0.3 is 0 Å². The molecule has 1 N–H and O–H groups in total. The van der Waals surface area contributed by atoms with Crippen LogP contribution in [0.5, 0.6) is 0 Å². The summed E-state index contributed by atoms with van der Waals surface area (Å²) in [6.45, 7) is 8.54. The number of hydrogen-bond acceptors (Lipinski definition) is 1. The van der Waals surface area contributed by atoms with Gasteiger partial charge in [-0.25, -0.2) is 8.78 Å². The molecule has 19 heavy (non-hydrogen) atoms. The van der Waals surface area contributed by atoms with E-state index in [0.717, 1.165) is 12.5 Å². The second-order valence-electron chi connectivity index (χ2n) is 6.68. The highest BCUT2D eigenvalue weighted by atomic mass is 19.2. The van der Waals surface area contributed by atoms with Crippen LogP contribution >= 0.6 is 0 Å². The third-order valence-electron chi connectivity index (χ3n) is 3.12. The van der Waals surface area contributed by atoms with Crippen molar-refractivity contribution in [2.24, 2.45) is 11.3 Å². The molecule has 0 aliphatic heterocycles. The molecular formula is C16H24F2O. The van der Waals surface area contributed by atoms with Crippen LogP contribution in [0.4, 0.5) is 8.78 Å². The third kappa shape index (κ3) is 5.68. The van der Waals surface area contributed by atoms with Crippen LogP contribution in [-0.2, 0) is 6.42 Å². The molecule has 0 saturated heterocycles. The Bertz CT molecular complexity index is 410. The third-order valence-corrected chi connectivity index (χ3v) is 3.12. The van der Waals surface area contributed by atoms with Gasteiger partial charge in [-0.1, -0.05) is 39.8 Å². The molecule has 1 aromatic carbocycles. The Morgan fingerprint density at radius 1 is 1.21 bits per heavy atom. The summed E-state index contributed by atoms with van der Waals surface area (Å²) in [6.07, 6.45) is 1.13. The van der Waals surface area contributed by atoms with Gasteiger partial charge in [0.15, 0.2) is 11.6 Å². The van der Waals surface area contributed by atoms with E-state index in [9.17, 15) is 13.9 Å². The van der Waals surface area contributed by atoms with Crippen LogP contribution in [0.25, 0.3) is 0 Å². The minimum absolute atomic E-state index is 0.165. The fourth-order valence-corrected chi connectivity index (χ4v) is 2.64. The second-order valence-corrected chi connectivity index (χ2v) is 6.68. The van der Waals surface area contributed by atoms with Gasteiger partial charge in [-0.2, -0.15) is 0 Å². The molecule has 3 heteroatoms. The van der Waals surface area contributed by atoms with E-state index < -0.39 is 17.7 Å². The number of halogens is 2.